The second-order valence-corrected chi connectivity index (χ2v) is 4.07. The number of nitrogens with zero attached hydrogens (tertiary/aromatic N) is 2. The van der Waals surface area contributed by atoms with Crippen molar-refractivity contribution in [2.75, 3.05) is 0 Å². The molecule has 1 aromatic heterocycles. The van der Waals surface area contributed by atoms with E-state index in [-0.39, 0.29) is 5.82 Å². The molecule has 0 spiro atoms. The molecule has 0 aliphatic carbocycles. The van der Waals surface area contributed by atoms with Gasteiger partial charge in [-0.05, 0) is 12.5 Å². The summed E-state index contributed by atoms with van der Waals surface area (Å²) in [6.45, 7) is 2.39. The van der Waals surface area contributed by atoms with Gasteiger partial charge in [-0.1, -0.05) is 29.8 Å². The summed E-state index contributed by atoms with van der Waals surface area (Å²) in [7, 11) is 1.48. The first-order valence-electron chi connectivity index (χ1n) is 5.53. The van der Waals surface area contributed by atoms with Crippen molar-refractivity contribution in [3.05, 3.63) is 51.7 Å². The normalized spacial score (nSPS) is 10.3. The summed E-state index contributed by atoms with van der Waals surface area (Å²) in [4.78, 5) is 25.2. The van der Waals surface area contributed by atoms with Crippen LogP contribution in [0.3, 0.4) is 0 Å². The second-order valence-electron chi connectivity index (χ2n) is 4.07. The molecule has 18 heavy (non-hydrogen) atoms. The summed E-state index contributed by atoms with van der Waals surface area (Å²) in [6, 6.07) is 7.83. The summed E-state index contributed by atoms with van der Waals surface area (Å²) in [5.41, 5.74) is 1.73. The highest BCUT2D eigenvalue weighted by Gasteiger charge is 2.10. The van der Waals surface area contributed by atoms with E-state index in [0.717, 1.165) is 15.8 Å². The minimum atomic E-state index is -0.407. The number of aryl methyl sites for hydroxylation is 2. The van der Waals surface area contributed by atoms with Gasteiger partial charge in [0.25, 0.3) is 5.91 Å². The number of amides is 1. The predicted octanol–water partition coefficient (Wildman–Crippen LogP) is 0.347. The smallest absolute Gasteiger partial charge is 0.343 e. The molecule has 2 aromatic rings. The predicted molar refractivity (Wildman–Crippen MR) is 66.2 cm³/mol. The van der Waals surface area contributed by atoms with Crippen LogP contribution >= 0.6 is 0 Å². The van der Waals surface area contributed by atoms with Crippen molar-refractivity contribution >= 4 is 5.91 Å². The van der Waals surface area contributed by atoms with E-state index in [2.05, 4.69) is 15.4 Å². The van der Waals surface area contributed by atoms with E-state index in [1.54, 1.807) is 0 Å². The number of carbonyl (C=O) groups excluding carboxylic acids is 1. The van der Waals surface area contributed by atoms with Crippen molar-refractivity contribution in [1.82, 2.24) is 20.1 Å². The molecule has 0 saturated heterocycles. The van der Waals surface area contributed by atoms with Gasteiger partial charge in [0, 0.05) is 13.6 Å². The van der Waals surface area contributed by atoms with Crippen LogP contribution in [-0.2, 0) is 13.6 Å². The van der Waals surface area contributed by atoms with E-state index in [9.17, 15) is 9.59 Å². The quantitative estimate of drug-likeness (QED) is 0.820. The largest absolute Gasteiger partial charge is 0.345 e. The second kappa shape index (κ2) is 4.87. The molecule has 0 radical (unpaired) electrons. The molecule has 1 aromatic carbocycles. The minimum Gasteiger partial charge on any atom is -0.345 e. The molecule has 0 unspecified atom stereocenters. The molecular weight excluding hydrogens is 232 g/mol. The summed E-state index contributed by atoms with van der Waals surface area (Å²) in [6.07, 6.45) is 0. The highest BCUT2D eigenvalue weighted by Crippen LogP contribution is 2.03. The Balaban J connectivity index is 2.02. The minimum absolute atomic E-state index is 0.0233. The van der Waals surface area contributed by atoms with Crippen LogP contribution in [0.1, 0.15) is 21.7 Å². The zero-order valence-electron chi connectivity index (χ0n) is 10.2. The molecule has 0 aliphatic heterocycles. The van der Waals surface area contributed by atoms with Crippen LogP contribution in [0.25, 0.3) is 0 Å². The first-order chi connectivity index (χ1) is 8.56. The summed E-state index contributed by atoms with van der Waals surface area (Å²) in [5, 5.41) is 6.47. The third-order valence-electron chi connectivity index (χ3n) is 2.52. The highest BCUT2D eigenvalue weighted by atomic mass is 16.2. The maximum atomic E-state index is 11.7. The van der Waals surface area contributed by atoms with Gasteiger partial charge in [-0.3, -0.25) is 9.78 Å². The lowest BCUT2D eigenvalue weighted by molar-refractivity contribution is 0.0940. The Morgan fingerprint density at radius 2 is 2.28 bits per heavy atom. The molecule has 2 N–H and O–H groups in total. The Hall–Kier alpha value is -2.37. The van der Waals surface area contributed by atoms with Crippen molar-refractivity contribution in [3.8, 4) is 0 Å². The van der Waals surface area contributed by atoms with E-state index in [1.165, 1.54) is 7.05 Å². The zero-order valence-corrected chi connectivity index (χ0v) is 10.2. The number of rotatable bonds is 3. The molecule has 0 saturated carbocycles. The fourth-order valence-electron chi connectivity index (χ4n) is 1.59. The van der Waals surface area contributed by atoms with Crippen molar-refractivity contribution in [3.63, 3.8) is 0 Å². The van der Waals surface area contributed by atoms with Crippen molar-refractivity contribution < 1.29 is 4.79 Å². The van der Waals surface area contributed by atoms with Gasteiger partial charge in [0.15, 0.2) is 0 Å². The van der Waals surface area contributed by atoms with Gasteiger partial charge in [0.2, 0.25) is 5.82 Å². The van der Waals surface area contributed by atoms with Crippen molar-refractivity contribution in [2.24, 2.45) is 7.05 Å². The Morgan fingerprint density at radius 3 is 2.89 bits per heavy atom. The summed E-state index contributed by atoms with van der Waals surface area (Å²) < 4.78 is 1.08. The molecule has 0 fully saturated rings. The number of aromatic nitrogens is 3. The molecule has 0 aliphatic rings. The number of aromatic amines is 1. The zero-order chi connectivity index (χ0) is 13.1. The Bertz CT molecular complexity index is 627. The summed E-state index contributed by atoms with van der Waals surface area (Å²) in [5.74, 6) is -0.371. The van der Waals surface area contributed by atoms with Gasteiger partial charge in [-0.2, -0.15) is 0 Å². The van der Waals surface area contributed by atoms with Gasteiger partial charge in [-0.15, -0.1) is 5.10 Å². The Labute approximate surface area is 104 Å². The SMILES string of the molecule is Cc1cccc(CNC(=O)c2nn(C)c(=O)[nH]2)c1. The molecule has 1 heterocycles. The molecule has 2 rings (SSSR count). The standard InChI is InChI=1S/C12H14N4O2/c1-8-4-3-5-9(6-8)7-13-11(17)10-14-12(18)16(2)15-10/h3-6H,7H2,1-2H3,(H,13,17)(H,14,15,18). The number of benzene rings is 1. The molecule has 94 valence electrons. The number of hydrogen-bond donors (Lipinski definition) is 2. The number of carbonyl (C=O) groups is 1. The number of nitrogens with one attached hydrogen (secondary N) is 2. The van der Waals surface area contributed by atoms with E-state index >= 15 is 0 Å². The van der Waals surface area contributed by atoms with Gasteiger partial charge >= 0.3 is 5.69 Å². The maximum Gasteiger partial charge on any atom is 0.343 e. The molecule has 6 nitrogen and oxygen atoms in total. The fourth-order valence-corrected chi connectivity index (χ4v) is 1.59. The average Bonchev–Trinajstić information content (AvgIpc) is 2.67. The highest BCUT2D eigenvalue weighted by molar-refractivity contribution is 5.90. The van der Waals surface area contributed by atoms with Crippen LogP contribution < -0.4 is 11.0 Å². The average molecular weight is 246 g/mol. The Kier molecular flexibility index (Phi) is 3.27. The van der Waals surface area contributed by atoms with Crippen LogP contribution in [0.5, 0.6) is 0 Å². The van der Waals surface area contributed by atoms with Crippen LogP contribution in [0.15, 0.2) is 29.1 Å². The van der Waals surface area contributed by atoms with Crippen molar-refractivity contribution in [1.29, 1.82) is 0 Å². The van der Waals surface area contributed by atoms with Gasteiger partial charge in [-0.25, -0.2) is 9.48 Å². The fraction of sp³-hybridized carbons (Fsp3) is 0.250. The summed E-state index contributed by atoms with van der Waals surface area (Å²) >= 11 is 0. The van der Waals surface area contributed by atoms with E-state index in [1.807, 2.05) is 31.2 Å². The number of H-pyrrole nitrogens is 1. The molecule has 0 atom stereocenters. The van der Waals surface area contributed by atoms with Crippen molar-refractivity contribution in [2.45, 2.75) is 13.5 Å². The van der Waals surface area contributed by atoms with Gasteiger partial charge in [0.1, 0.15) is 0 Å². The number of hydrogen-bond acceptors (Lipinski definition) is 3. The van der Waals surface area contributed by atoms with E-state index < -0.39 is 11.6 Å². The monoisotopic (exact) mass is 246 g/mol. The lowest BCUT2D eigenvalue weighted by Crippen LogP contribution is -2.24. The van der Waals surface area contributed by atoms with Crippen LogP contribution in [0.2, 0.25) is 0 Å². The first kappa shape index (κ1) is 12.1. The molecule has 6 heteroatoms. The third kappa shape index (κ3) is 2.65. The lowest BCUT2D eigenvalue weighted by atomic mass is 10.1. The van der Waals surface area contributed by atoms with Gasteiger partial charge < -0.3 is 5.32 Å². The van der Waals surface area contributed by atoms with E-state index in [4.69, 9.17) is 0 Å². The van der Waals surface area contributed by atoms with Crippen LogP contribution in [0, 0.1) is 6.92 Å². The molecular formula is C12H14N4O2. The lowest BCUT2D eigenvalue weighted by Gasteiger charge is -2.03. The van der Waals surface area contributed by atoms with Crippen LogP contribution in [-0.4, -0.2) is 20.7 Å². The maximum absolute atomic E-state index is 11.7. The molecule has 1 amide bonds. The molecule has 0 bridgehead atoms. The third-order valence-corrected chi connectivity index (χ3v) is 2.52. The Morgan fingerprint density at radius 1 is 1.50 bits per heavy atom. The van der Waals surface area contributed by atoms with Crippen LogP contribution in [0.4, 0.5) is 0 Å². The van der Waals surface area contributed by atoms with Gasteiger partial charge in [0.05, 0.1) is 0 Å². The van der Waals surface area contributed by atoms with E-state index in [0.29, 0.717) is 6.54 Å². The first-order valence-corrected chi connectivity index (χ1v) is 5.53. The topological polar surface area (TPSA) is 79.8 Å².